The van der Waals surface area contributed by atoms with Crippen LogP contribution in [-0.4, -0.2) is 15.1 Å². The van der Waals surface area contributed by atoms with E-state index in [1.807, 2.05) is 19.9 Å². The summed E-state index contributed by atoms with van der Waals surface area (Å²) in [4.78, 5) is 19.3. The summed E-state index contributed by atoms with van der Waals surface area (Å²) in [5.41, 5.74) is -0.174. The monoisotopic (exact) mass is 262 g/mol. The third-order valence-corrected chi connectivity index (χ3v) is 3.35. The van der Waals surface area contributed by atoms with Crippen LogP contribution in [0, 0.1) is 0 Å². The van der Waals surface area contributed by atoms with Gasteiger partial charge >= 0.3 is 0 Å². The molecule has 0 amide bonds. The van der Waals surface area contributed by atoms with Gasteiger partial charge in [-0.05, 0) is 12.1 Å². The maximum atomic E-state index is 11.5. The molecule has 94 valence electrons. The van der Waals surface area contributed by atoms with Crippen LogP contribution in [-0.2, 0) is 0 Å². The van der Waals surface area contributed by atoms with Crippen LogP contribution in [0.15, 0.2) is 45.0 Å². The van der Waals surface area contributed by atoms with Gasteiger partial charge in [-0.3, -0.25) is 4.79 Å². The largest absolute Gasteiger partial charge is 0.507 e. The van der Waals surface area contributed by atoms with Crippen molar-refractivity contribution in [1.82, 2.24) is 9.97 Å². The van der Waals surface area contributed by atoms with E-state index >= 15 is 0 Å². The number of hydrogen-bond donors (Lipinski definition) is 2. The van der Waals surface area contributed by atoms with E-state index < -0.39 is 0 Å². The number of rotatable bonds is 3. The number of para-hydroxylation sites is 1. The van der Waals surface area contributed by atoms with Crippen molar-refractivity contribution < 1.29 is 5.11 Å². The Labute approximate surface area is 109 Å². The molecule has 18 heavy (non-hydrogen) atoms. The van der Waals surface area contributed by atoms with Crippen molar-refractivity contribution in [3.63, 3.8) is 0 Å². The zero-order valence-electron chi connectivity index (χ0n) is 10.2. The van der Waals surface area contributed by atoms with E-state index in [-0.39, 0.29) is 17.2 Å². The van der Waals surface area contributed by atoms with Crippen LogP contribution in [0.1, 0.15) is 25.6 Å². The summed E-state index contributed by atoms with van der Waals surface area (Å²) < 4.78 is 0. The van der Waals surface area contributed by atoms with Gasteiger partial charge in [0.15, 0.2) is 0 Å². The normalized spacial score (nSPS) is 10.8. The molecular weight excluding hydrogens is 248 g/mol. The van der Waals surface area contributed by atoms with Crippen molar-refractivity contribution in [2.24, 2.45) is 0 Å². The third kappa shape index (κ3) is 2.92. The lowest BCUT2D eigenvalue weighted by molar-refractivity contribution is 0.462. The second kappa shape index (κ2) is 5.27. The molecule has 0 aliphatic carbocycles. The number of H-pyrrole nitrogens is 1. The highest BCUT2D eigenvalue weighted by Gasteiger charge is 2.08. The Morgan fingerprint density at radius 2 is 2.06 bits per heavy atom. The van der Waals surface area contributed by atoms with Crippen LogP contribution in [0.25, 0.3) is 0 Å². The van der Waals surface area contributed by atoms with Gasteiger partial charge in [0.25, 0.3) is 5.56 Å². The Morgan fingerprint density at radius 3 is 2.72 bits per heavy atom. The minimum absolute atomic E-state index is 0.155. The highest BCUT2D eigenvalue weighted by molar-refractivity contribution is 7.99. The number of nitrogens with zero attached hydrogens (tertiary/aromatic N) is 1. The van der Waals surface area contributed by atoms with Gasteiger partial charge in [-0.15, -0.1) is 0 Å². The summed E-state index contributed by atoms with van der Waals surface area (Å²) in [5.74, 6) is 0.999. The first-order chi connectivity index (χ1) is 8.56. The van der Waals surface area contributed by atoms with E-state index in [1.54, 1.807) is 18.2 Å². The van der Waals surface area contributed by atoms with E-state index in [2.05, 4.69) is 9.97 Å². The Hall–Kier alpha value is -1.75. The van der Waals surface area contributed by atoms with Gasteiger partial charge < -0.3 is 10.1 Å². The highest BCUT2D eigenvalue weighted by atomic mass is 32.2. The molecule has 0 aliphatic heterocycles. The molecule has 2 rings (SSSR count). The average Bonchev–Trinajstić information content (AvgIpc) is 2.31. The van der Waals surface area contributed by atoms with E-state index in [9.17, 15) is 9.90 Å². The second-order valence-corrected chi connectivity index (χ2v) is 5.26. The zero-order chi connectivity index (χ0) is 13.1. The van der Waals surface area contributed by atoms with Gasteiger partial charge in [-0.1, -0.05) is 37.7 Å². The van der Waals surface area contributed by atoms with Crippen molar-refractivity contribution in [2.45, 2.75) is 29.7 Å². The fourth-order valence-electron chi connectivity index (χ4n) is 1.44. The predicted octanol–water partition coefficient (Wildman–Crippen LogP) is 2.75. The van der Waals surface area contributed by atoms with Crippen molar-refractivity contribution >= 4 is 11.8 Å². The predicted molar refractivity (Wildman–Crippen MR) is 71.2 cm³/mol. The maximum absolute atomic E-state index is 11.5. The standard InChI is InChI=1S/C13H14N2O2S/c1-8(2)13-14-11(17)7-12(15-13)18-10-6-4-3-5-9(10)16/h3-8,16H,1-2H3,(H,14,15,17). The third-order valence-electron chi connectivity index (χ3n) is 2.36. The van der Waals surface area contributed by atoms with E-state index in [1.165, 1.54) is 17.8 Å². The Morgan fingerprint density at radius 1 is 1.33 bits per heavy atom. The van der Waals surface area contributed by atoms with Crippen molar-refractivity contribution in [3.05, 3.63) is 46.5 Å². The number of phenols is 1. The average molecular weight is 262 g/mol. The first-order valence-corrected chi connectivity index (χ1v) is 6.45. The van der Waals surface area contributed by atoms with Crippen LogP contribution in [0.5, 0.6) is 5.75 Å². The van der Waals surface area contributed by atoms with Crippen molar-refractivity contribution in [1.29, 1.82) is 0 Å². The van der Waals surface area contributed by atoms with Gasteiger partial charge in [0, 0.05) is 12.0 Å². The van der Waals surface area contributed by atoms with Gasteiger partial charge in [0.2, 0.25) is 0 Å². The summed E-state index contributed by atoms with van der Waals surface area (Å²) in [6.45, 7) is 3.93. The number of benzene rings is 1. The number of aromatic hydroxyl groups is 1. The Kier molecular flexibility index (Phi) is 3.72. The Balaban J connectivity index is 2.35. The fourth-order valence-corrected chi connectivity index (χ4v) is 2.29. The summed E-state index contributed by atoms with van der Waals surface area (Å²) in [6.07, 6.45) is 0. The van der Waals surface area contributed by atoms with Crippen molar-refractivity contribution in [2.75, 3.05) is 0 Å². The molecule has 2 aromatic rings. The zero-order valence-corrected chi connectivity index (χ0v) is 11.0. The number of aromatic nitrogens is 2. The molecule has 4 nitrogen and oxygen atoms in total. The Bertz CT molecular complexity index is 608. The molecule has 1 aromatic carbocycles. The molecule has 0 saturated heterocycles. The fraction of sp³-hybridized carbons (Fsp3) is 0.231. The topological polar surface area (TPSA) is 66.0 Å². The molecule has 0 fully saturated rings. The number of hydrogen-bond acceptors (Lipinski definition) is 4. The molecule has 0 bridgehead atoms. The quantitative estimate of drug-likeness (QED) is 0.835. The minimum atomic E-state index is -0.174. The second-order valence-electron chi connectivity index (χ2n) is 4.19. The lowest BCUT2D eigenvalue weighted by Gasteiger charge is -2.07. The van der Waals surface area contributed by atoms with Gasteiger partial charge in [0.05, 0.1) is 4.90 Å². The number of aromatic amines is 1. The van der Waals surface area contributed by atoms with Crippen LogP contribution in [0.2, 0.25) is 0 Å². The van der Waals surface area contributed by atoms with E-state index in [4.69, 9.17) is 0 Å². The van der Waals surface area contributed by atoms with Gasteiger partial charge in [0.1, 0.15) is 16.6 Å². The van der Waals surface area contributed by atoms with Gasteiger partial charge in [-0.2, -0.15) is 0 Å². The van der Waals surface area contributed by atoms with E-state index in [0.29, 0.717) is 15.7 Å². The van der Waals surface area contributed by atoms with Crippen LogP contribution in [0.3, 0.4) is 0 Å². The maximum Gasteiger partial charge on any atom is 0.252 e. The summed E-state index contributed by atoms with van der Waals surface area (Å²) in [7, 11) is 0. The molecule has 0 radical (unpaired) electrons. The molecular formula is C13H14N2O2S. The molecule has 5 heteroatoms. The summed E-state index contributed by atoms with van der Waals surface area (Å²) in [5, 5.41) is 10.3. The van der Waals surface area contributed by atoms with E-state index in [0.717, 1.165) is 0 Å². The van der Waals surface area contributed by atoms with Crippen LogP contribution >= 0.6 is 11.8 Å². The highest BCUT2D eigenvalue weighted by Crippen LogP contribution is 2.32. The van der Waals surface area contributed by atoms with Crippen molar-refractivity contribution in [3.8, 4) is 5.75 Å². The first-order valence-electron chi connectivity index (χ1n) is 5.63. The molecule has 0 saturated carbocycles. The summed E-state index contributed by atoms with van der Waals surface area (Å²) >= 11 is 1.28. The molecule has 0 spiro atoms. The number of nitrogens with one attached hydrogen (secondary N) is 1. The molecule has 1 aromatic heterocycles. The minimum Gasteiger partial charge on any atom is -0.507 e. The smallest absolute Gasteiger partial charge is 0.252 e. The first kappa shape index (κ1) is 12.7. The van der Waals surface area contributed by atoms with Gasteiger partial charge in [-0.25, -0.2) is 4.98 Å². The SMILES string of the molecule is CC(C)c1nc(Sc2ccccc2O)cc(=O)[nH]1. The van der Waals surface area contributed by atoms with Crippen LogP contribution < -0.4 is 5.56 Å². The summed E-state index contributed by atoms with van der Waals surface area (Å²) in [6, 6.07) is 8.42. The van der Waals surface area contributed by atoms with Crippen LogP contribution in [0.4, 0.5) is 0 Å². The lowest BCUT2D eigenvalue weighted by atomic mass is 10.2. The number of phenolic OH excluding ortho intramolecular Hbond substituents is 1. The molecule has 0 aliphatic rings. The molecule has 2 N–H and O–H groups in total. The molecule has 0 unspecified atom stereocenters. The molecule has 0 atom stereocenters. The molecule has 1 heterocycles. The lowest BCUT2D eigenvalue weighted by Crippen LogP contribution is -2.11.